The molecule has 18 heavy (non-hydrogen) atoms. The van der Waals surface area contributed by atoms with Crippen molar-refractivity contribution in [2.75, 3.05) is 7.11 Å². The molecular weight excluding hydrogens is 248 g/mol. The van der Waals surface area contributed by atoms with Crippen molar-refractivity contribution in [3.8, 4) is 22.1 Å². The van der Waals surface area contributed by atoms with Crippen molar-refractivity contribution in [2.45, 2.75) is 0 Å². The maximum absolute atomic E-state index is 9.97. The van der Waals surface area contributed by atoms with Crippen molar-refractivity contribution in [3.05, 3.63) is 36.7 Å². The van der Waals surface area contributed by atoms with Gasteiger partial charge < -0.3 is 9.84 Å². The highest BCUT2D eigenvalue weighted by Crippen LogP contribution is 2.36. The van der Waals surface area contributed by atoms with E-state index in [-0.39, 0.29) is 5.75 Å². The van der Waals surface area contributed by atoms with Gasteiger partial charge in [-0.05, 0) is 18.2 Å². The number of hydrogen-bond donors (Lipinski definition) is 1. The van der Waals surface area contributed by atoms with Gasteiger partial charge in [-0.15, -0.1) is 11.3 Å². The maximum Gasteiger partial charge on any atom is 0.129 e. The largest absolute Gasteiger partial charge is 0.507 e. The first-order valence-corrected chi connectivity index (χ1v) is 6.17. The van der Waals surface area contributed by atoms with E-state index in [4.69, 9.17) is 4.74 Å². The zero-order valence-electron chi connectivity index (χ0n) is 9.62. The van der Waals surface area contributed by atoms with Gasteiger partial charge in [0.15, 0.2) is 0 Å². The van der Waals surface area contributed by atoms with Crippen LogP contribution in [0.4, 0.5) is 0 Å². The molecule has 3 aromatic rings. The molecule has 0 aliphatic carbocycles. The van der Waals surface area contributed by atoms with Crippen LogP contribution in [0.1, 0.15) is 0 Å². The molecule has 0 fully saturated rings. The highest BCUT2D eigenvalue weighted by molar-refractivity contribution is 7.21. The number of benzene rings is 1. The van der Waals surface area contributed by atoms with Crippen LogP contribution in [0.5, 0.6) is 11.5 Å². The Morgan fingerprint density at radius 1 is 1.28 bits per heavy atom. The second-order valence-corrected chi connectivity index (χ2v) is 4.78. The van der Waals surface area contributed by atoms with Crippen LogP contribution >= 0.6 is 11.3 Å². The average Bonchev–Trinajstić information content (AvgIpc) is 2.81. The average molecular weight is 258 g/mol. The van der Waals surface area contributed by atoms with Gasteiger partial charge in [0.25, 0.3) is 0 Å². The molecule has 0 aliphatic rings. The molecule has 0 spiro atoms. The molecule has 0 saturated heterocycles. The number of fused-ring (bicyclic) bond motifs is 1. The Morgan fingerprint density at radius 3 is 2.89 bits per heavy atom. The second-order valence-electron chi connectivity index (χ2n) is 3.75. The number of ether oxygens (including phenoxy) is 1. The summed E-state index contributed by atoms with van der Waals surface area (Å²) >= 11 is 1.53. The van der Waals surface area contributed by atoms with E-state index < -0.39 is 0 Å². The minimum Gasteiger partial charge on any atom is -0.507 e. The summed E-state index contributed by atoms with van der Waals surface area (Å²) in [7, 11) is 1.57. The number of rotatable bonds is 2. The molecule has 2 aromatic heterocycles. The van der Waals surface area contributed by atoms with Crippen LogP contribution < -0.4 is 4.74 Å². The standard InChI is InChI=1S/C13H10N2O2S/c1-17-8-2-3-9(11(16)6-8)13-15-10-7-14-5-4-12(10)18-13/h2-7,16H,1H3. The molecule has 1 aromatic carbocycles. The summed E-state index contributed by atoms with van der Waals surface area (Å²) in [6.07, 6.45) is 3.45. The number of phenolic OH excluding ortho intramolecular Hbond substituents is 1. The Bertz CT molecular complexity index is 676. The van der Waals surface area contributed by atoms with E-state index in [2.05, 4.69) is 9.97 Å². The zero-order valence-corrected chi connectivity index (χ0v) is 10.4. The zero-order chi connectivity index (χ0) is 12.5. The summed E-state index contributed by atoms with van der Waals surface area (Å²) in [4.78, 5) is 8.49. The van der Waals surface area contributed by atoms with Crippen LogP contribution in [0.2, 0.25) is 0 Å². The monoisotopic (exact) mass is 258 g/mol. The lowest BCUT2D eigenvalue weighted by atomic mass is 10.2. The number of aromatic hydroxyl groups is 1. The van der Waals surface area contributed by atoms with Crippen molar-refractivity contribution >= 4 is 21.6 Å². The molecule has 1 N–H and O–H groups in total. The minimum atomic E-state index is 0.168. The van der Waals surface area contributed by atoms with Gasteiger partial charge in [0.05, 0.1) is 23.6 Å². The number of nitrogens with zero attached hydrogens (tertiary/aromatic N) is 2. The van der Waals surface area contributed by atoms with Gasteiger partial charge >= 0.3 is 0 Å². The maximum atomic E-state index is 9.97. The minimum absolute atomic E-state index is 0.168. The van der Waals surface area contributed by atoms with E-state index in [9.17, 15) is 5.11 Å². The molecule has 0 bridgehead atoms. The van der Waals surface area contributed by atoms with E-state index in [1.54, 1.807) is 37.7 Å². The molecular formula is C13H10N2O2S. The first-order valence-electron chi connectivity index (χ1n) is 5.36. The summed E-state index contributed by atoms with van der Waals surface area (Å²) in [6, 6.07) is 7.11. The van der Waals surface area contributed by atoms with E-state index in [0.29, 0.717) is 11.3 Å². The van der Waals surface area contributed by atoms with Crippen molar-refractivity contribution in [1.82, 2.24) is 9.97 Å². The number of pyridine rings is 1. The smallest absolute Gasteiger partial charge is 0.129 e. The molecule has 0 radical (unpaired) electrons. The van der Waals surface area contributed by atoms with Crippen molar-refractivity contribution in [2.24, 2.45) is 0 Å². The Morgan fingerprint density at radius 2 is 2.17 bits per heavy atom. The Balaban J connectivity index is 2.14. The van der Waals surface area contributed by atoms with Crippen LogP contribution in [0, 0.1) is 0 Å². The quantitative estimate of drug-likeness (QED) is 0.767. The van der Waals surface area contributed by atoms with Gasteiger partial charge in [0.1, 0.15) is 22.0 Å². The Kier molecular flexibility index (Phi) is 2.60. The first kappa shape index (κ1) is 11.0. The van der Waals surface area contributed by atoms with E-state index >= 15 is 0 Å². The molecule has 0 unspecified atom stereocenters. The van der Waals surface area contributed by atoms with Crippen LogP contribution in [-0.4, -0.2) is 22.2 Å². The van der Waals surface area contributed by atoms with Gasteiger partial charge in [-0.3, -0.25) is 4.98 Å². The van der Waals surface area contributed by atoms with Crippen LogP contribution in [-0.2, 0) is 0 Å². The molecule has 4 nitrogen and oxygen atoms in total. The predicted molar refractivity (Wildman–Crippen MR) is 71.1 cm³/mol. The number of methoxy groups -OCH3 is 1. The topological polar surface area (TPSA) is 55.2 Å². The molecule has 0 aliphatic heterocycles. The van der Waals surface area contributed by atoms with Crippen molar-refractivity contribution in [3.63, 3.8) is 0 Å². The number of phenols is 1. The number of thiazole rings is 1. The highest BCUT2D eigenvalue weighted by atomic mass is 32.1. The summed E-state index contributed by atoms with van der Waals surface area (Å²) in [5.74, 6) is 0.792. The summed E-state index contributed by atoms with van der Waals surface area (Å²) in [5.41, 5.74) is 1.55. The molecule has 2 heterocycles. The fraction of sp³-hybridized carbons (Fsp3) is 0.0769. The van der Waals surface area contributed by atoms with Crippen LogP contribution in [0.3, 0.4) is 0 Å². The molecule has 0 atom stereocenters. The van der Waals surface area contributed by atoms with E-state index in [0.717, 1.165) is 15.2 Å². The SMILES string of the molecule is COc1ccc(-c2nc3cnccc3s2)c(O)c1. The van der Waals surface area contributed by atoms with Gasteiger partial charge in [-0.25, -0.2) is 4.98 Å². The highest BCUT2D eigenvalue weighted by Gasteiger charge is 2.11. The third kappa shape index (κ3) is 1.78. The summed E-state index contributed by atoms with van der Waals surface area (Å²) < 4.78 is 6.11. The normalized spacial score (nSPS) is 10.7. The van der Waals surface area contributed by atoms with Crippen molar-refractivity contribution < 1.29 is 9.84 Å². The first-order chi connectivity index (χ1) is 8.78. The van der Waals surface area contributed by atoms with Crippen molar-refractivity contribution in [1.29, 1.82) is 0 Å². The molecule has 0 amide bonds. The van der Waals surface area contributed by atoms with E-state index in [1.165, 1.54) is 11.3 Å². The predicted octanol–water partition coefficient (Wildman–Crippen LogP) is 3.07. The number of aromatic nitrogens is 2. The van der Waals surface area contributed by atoms with Gasteiger partial charge in [0.2, 0.25) is 0 Å². The summed E-state index contributed by atoms with van der Waals surface area (Å²) in [6.45, 7) is 0. The number of hydrogen-bond acceptors (Lipinski definition) is 5. The lowest BCUT2D eigenvalue weighted by Crippen LogP contribution is -1.83. The Hall–Kier alpha value is -2.14. The lowest BCUT2D eigenvalue weighted by molar-refractivity contribution is 0.408. The third-order valence-electron chi connectivity index (χ3n) is 2.63. The van der Waals surface area contributed by atoms with Crippen LogP contribution in [0.15, 0.2) is 36.7 Å². The van der Waals surface area contributed by atoms with Gasteiger partial charge in [-0.2, -0.15) is 0 Å². The van der Waals surface area contributed by atoms with Crippen LogP contribution in [0.25, 0.3) is 20.8 Å². The molecule has 3 rings (SSSR count). The molecule has 5 heteroatoms. The second kappa shape index (κ2) is 4.27. The third-order valence-corrected chi connectivity index (χ3v) is 3.69. The fourth-order valence-corrected chi connectivity index (χ4v) is 2.68. The molecule has 0 saturated carbocycles. The summed E-state index contributed by atoms with van der Waals surface area (Å²) in [5, 5.41) is 10.7. The molecule has 90 valence electrons. The van der Waals surface area contributed by atoms with Gasteiger partial charge in [0, 0.05) is 12.3 Å². The van der Waals surface area contributed by atoms with Gasteiger partial charge in [-0.1, -0.05) is 0 Å². The van der Waals surface area contributed by atoms with E-state index in [1.807, 2.05) is 6.07 Å². The fourth-order valence-electron chi connectivity index (χ4n) is 1.71. The Labute approximate surface area is 108 Å². The lowest BCUT2D eigenvalue weighted by Gasteiger charge is -2.03.